The van der Waals surface area contributed by atoms with Gasteiger partial charge in [0.2, 0.25) is 5.91 Å². The van der Waals surface area contributed by atoms with Crippen molar-refractivity contribution in [2.24, 2.45) is 5.92 Å². The highest BCUT2D eigenvalue weighted by Crippen LogP contribution is 2.27. The van der Waals surface area contributed by atoms with Crippen molar-refractivity contribution in [2.45, 2.75) is 70.4 Å². The summed E-state index contributed by atoms with van der Waals surface area (Å²) in [6, 6.07) is 12.7. The van der Waals surface area contributed by atoms with Crippen LogP contribution >= 0.6 is 0 Å². The highest BCUT2D eigenvalue weighted by molar-refractivity contribution is 5.98. The molecular formula is C30H36N2O5. The summed E-state index contributed by atoms with van der Waals surface area (Å²) in [5.74, 6) is 5.74. The summed E-state index contributed by atoms with van der Waals surface area (Å²) < 4.78 is 0. The van der Waals surface area contributed by atoms with Crippen molar-refractivity contribution in [3.8, 4) is 11.8 Å². The fourth-order valence-electron chi connectivity index (χ4n) is 4.53. The molecular weight excluding hydrogens is 468 g/mol. The molecule has 7 heteroatoms. The molecule has 0 saturated heterocycles. The summed E-state index contributed by atoms with van der Waals surface area (Å²) >= 11 is 0. The SMILES string of the molecule is C[C@@H](O)[C@H](NC(=O)c1ccc(C#Cc2ccc(NC(=O)CCCC3CCCCC3)cc2)cc1)C(=O)CO. The molecule has 2 aromatic carbocycles. The van der Waals surface area contributed by atoms with Crippen LogP contribution in [0.1, 0.15) is 79.8 Å². The number of hydrogen-bond donors (Lipinski definition) is 4. The van der Waals surface area contributed by atoms with Gasteiger partial charge in [-0.1, -0.05) is 43.9 Å². The van der Waals surface area contributed by atoms with E-state index in [2.05, 4.69) is 22.5 Å². The van der Waals surface area contributed by atoms with E-state index in [-0.39, 0.29) is 5.91 Å². The quantitative estimate of drug-likeness (QED) is 0.367. The minimum atomic E-state index is -1.17. The van der Waals surface area contributed by atoms with Crippen molar-refractivity contribution in [2.75, 3.05) is 11.9 Å². The van der Waals surface area contributed by atoms with E-state index in [1.54, 1.807) is 24.3 Å². The van der Waals surface area contributed by atoms with E-state index in [0.29, 0.717) is 17.5 Å². The number of aliphatic hydroxyl groups excluding tert-OH is 2. The summed E-state index contributed by atoms with van der Waals surface area (Å²) in [4.78, 5) is 36.3. The first-order valence-electron chi connectivity index (χ1n) is 13.0. The number of hydrogen-bond acceptors (Lipinski definition) is 5. The smallest absolute Gasteiger partial charge is 0.251 e. The lowest BCUT2D eigenvalue weighted by molar-refractivity contribution is -0.126. The Balaban J connectivity index is 1.48. The van der Waals surface area contributed by atoms with Crippen molar-refractivity contribution in [3.63, 3.8) is 0 Å². The fourth-order valence-corrected chi connectivity index (χ4v) is 4.53. The van der Waals surface area contributed by atoms with Crippen molar-refractivity contribution in [1.29, 1.82) is 0 Å². The summed E-state index contributed by atoms with van der Waals surface area (Å²) in [7, 11) is 0. The minimum absolute atomic E-state index is 0.0410. The molecule has 2 aromatic rings. The molecule has 0 radical (unpaired) electrons. The van der Waals surface area contributed by atoms with Crippen LogP contribution in [0.5, 0.6) is 0 Å². The predicted octanol–water partition coefficient (Wildman–Crippen LogP) is 3.82. The van der Waals surface area contributed by atoms with E-state index in [1.165, 1.54) is 39.0 Å². The third-order valence-corrected chi connectivity index (χ3v) is 6.68. The molecule has 3 rings (SSSR count). The molecule has 196 valence electrons. The van der Waals surface area contributed by atoms with Crippen LogP contribution in [0.2, 0.25) is 0 Å². The van der Waals surface area contributed by atoms with Crippen molar-refractivity contribution in [3.05, 3.63) is 65.2 Å². The molecule has 2 amide bonds. The Labute approximate surface area is 218 Å². The number of carbonyl (C=O) groups excluding carboxylic acids is 3. The monoisotopic (exact) mass is 504 g/mol. The first-order chi connectivity index (χ1) is 17.9. The molecule has 0 aliphatic heterocycles. The zero-order valence-corrected chi connectivity index (χ0v) is 21.3. The van der Waals surface area contributed by atoms with Gasteiger partial charge in [-0.15, -0.1) is 0 Å². The van der Waals surface area contributed by atoms with Gasteiger partial charge < -0.3 is 20.8 Å². The van der Waals surface area contributed by atoms with Gasteiger partial charge >= 0.3 is 0 Å². The summed E-state index contributed by atoms with van der Waals surface area (Å²) in [5.41, 5.74) is 2.55. The number of carbonyl (C=O) groups is 3. The topological polar surface area (TPSA) is 116 Å². The van der Waals surface area contributed by atoms with Crippen molar-refractivity contribution >= 4 is 23.3 Å². The maximum atomic E-state index is 12.4. The maximum Gasteiger partial charge on any atom is 0.251 e. The largest absolute Gasteiger partial charge is 0.391 e. The molecule has 2 atom stereocenters. The second-order valence-corrected chi connectivity index (χ2v) is 9.67. The van der Waals surface area contributed by atoms with E-state index in [9.17, 15) is 19.5 Å². The number of rotatable bonds is 10. The average Bonchev–Trinajstić information content (AvgIpc) is 2.91. The Morgan fingerprint density at radius 1 is 0.946 bits per heavy atom. The molecule has 1 aliphatic carbocycles. The van der Waals surface area contributed by atoms with Gasteiger partial charge in [-0.3, -0.25) is 14.4 Å². The molecule has 1 aliphatic rings. The predicted molar refractivity (Wildman–Crippen MR) is 143 cm³/mol. The normalized spacial score (nSPS) is 15.1. The van der Waals surface area contributed by atoms with Gasteiger partial charge in [0.05, 0.1) is 6.10 Å². The lowest BCUT2D eigenvalue weighted by Gasteiger charge is -2.21. The van der Waals surface area contributed by atoms with Crippen molar-refractivity contribution in [1.82, 2.24) is 5.32 Å². The fraction of sp³-hybridized carbons (Fsp3) is 0.433. The molecule has 0 aromatic heterocycles. The van der Waals surface area contributed by atoms with Crippen LogP contribution in [-0.2, 0) is 9.59 Å². The number of nitrogens with one attached hydrogen (secondary N) is 2. The lowest BCUT2D eigenvalue weighted by atomic mass is 9.86. The summed E-state index contributed by atoms with van der Waals surface area (Å²) in [6.07, 6.45) is 8.11. The second kappa shape index (κ2) is 14.3. The molecule has 0 spiro atoms. The van der Waals surface area contributed by atoms with Gasteiger partial charge in [-0.25, -0.2) is 0 Å². The second-order valence-electron chi connectivity index (χ2n) is 9.67. The number of amides is 2. The first-order valence-corrected chi connectivity index (χ1v) is 13.0. The zero-order valence-electron chi connectivity index (χ0n) is 21.3. The molecule has 0 bridgehead atoms. The van der Waals surface area contributed by atoms with E-state index >= 15 is 0 Å². The van der Waals surface area contributed by atoms with Gasteiger partial charge in [0.15, 0.2) is 5.78 Å². The summed E-state index contributed by atoms with van der Waals surface area (Å²) in [6.45, 7) is 0.606. The maximum absolute atomic E-state index is 12.4. The van der Waals surface area contributed by atoms with Crippen molar-refractivity contribution < 1.29 is 24.6 Å². The van der Waals surface area contributed by atoms with Crippen LogP contribution in [0.15, 0.2) is 48.5 Å². The van der Waals surface area contributed by atoms with Crippen LogP contribution in [0, 0.1) is 17.8 Å². The molecule has 4 N–H and O–H groups in total. The molecule has 1 fully saturated rings. The third-order valence-electron chi connectivity index (χ3n) is 6.68. The summed E-state index contributed by atoms with van der Waals surface area (Å²) in [5, 5.41) is 24.1. The Morgan fingerprint density at radius 2 is 1.54 bits per heavy atom. The minimum Gasteiger partial charge on any atom is -0.391 e. The van der Waals surface area contributed by atoms with E-state index < -0.39 is 30.4 Å². The molecule has 7 nitrogen and oxygen atoms in total. The Hall–Kier alpha value is -3.47. The highest BCUT2D eigenvalue weighted by Gasteiger charge is 2.25. The van der Waals surface area contributed by atoms with Crippen LogP contribution in [-0.4, -0.2) is 46.6 Å². The Kier molecular flexibility index (Phi) is 10.9. The number of benzene rings is 2. The van der Waals surface area contributed by atoms with E-state index in [1.807, 2.05) is 24.3 Å². The van der Waals surface area contributed by atoms with Crippen LogP contribution in [0.25, 0.3) is 0 Å². The molecule has 0 unspecified atom stereocenters. The van der Waals surface area contributed by atoms with E-state index in [4.69, 9.17) is 5.11 Å². The van der Waals surface area contributed by atoms with E-state index in [0.717, 1.165) is 30.0 Å². The highest BCUT2D eigenvalue weighted by atomic mass is 16.3. The number of ketones is 1. The number of aliphatic hydroxyl groups is 2. The van der Waals surface area contributed by atoms with Crippen LogP contribution in [0.3, 0.4) is 0 Å². The van der Waals surface area contributed by atoms with Gasteiger partial charge in [0.25, 0.3) is 5.91 Å². The molecule has 37 heavy (non-hydrogen) atoms. The lowest BCUT2D eigenvalue weighted by Crippen LogP contribution is -2.48. The van der Waals surface area contributed by atoms with Crippen LogP contribution < -0.4 is 10.6 Å². The number of Topliss-reactive ketones (excluding diaryl/α,β-unsaturated/α-hetero) is 1. The standard InChI is InChI=1S/C30H36N2O5/c1-21(34)29(27(35)20-33)32-30(37)25-16-12-23(13-17-25)10-11-24-14-18-26(19-15-24)31-28(36)9-5-8-22-6-3-2-4-7-22/h12-19,21-22,29,33-34H,2-9,20H2,1H3,(H,31,36)(H,32,37)/t21-,29+/m1/s1. The van der Waals surface area contributed by atoms with Crippen LogP contribution in [0.4, 0.5) is 5.69 Å². The van der Waals surface area contributed by atoms with Gasteiger partial charge in [0.1, 0.15) is 12.6 Å². The Morgan fingerprint density at radius 3 is 2.11 bits per heavy atom. The third kappa shape index (κ3) is 9.16. The van der Waals surface area contributed by atoms with Gasteiger partial charge in [0, 0.05) is 28.8 Å². The molecule has 0 heterocycles. The van der Waals surface area contributed by atoms with Gasteiger partial charge in [-0.2, -0.15) is 0 Å². The average molecular weight is 505 g/mol. The first kappa shape index (κ1) is 28.1. The number of anilines is 1. The Bertz CT molecular complexity index is 1110. The zero-order chi connectivity index (χ0) is 26.6. The molecule has 1 saturated carbocycles. The van der Waals surface area contributed by atoms with Gasteiger partial charge in [-0.05, 0) is 74.2 Å².